The summed E-state index contributed by atoms with van der Waals surface area (Å²) >= 11 is 2.25. The lowest BCUT2D eigenvalue weighted by atomic mass is 9.97. The fourth-order valence-corrected chi connectivity index (χ4v) is 3.81. The van der Waals surface area contributed by atoms with Crippen molar-refractivity contribution in [1.82, 2.24) is 9.97 Å². The van der Waals surface area contributed by atoms with E-state index < -0.39 is 0 Å². The van der Waals surface area contributed by atoms with Crippen LogP contribution in [0.2, 0.25) is 0 Å². The number of anilines is 1. The number of hydrogen-bond donors (Lipinski definition) is 2. The summed E-state index contributed by atoms with van der Waals surface area (Å²) in [5.74, 6) is 0.581. The molecule has 3 N–H and O–H groups in total. The van der Waals surface area contributed by atoms with Crippen LogP contribution in [0.3, 0.4) is 0 Å². The first kappa shape index (κ1) is 13.3. The van der Waals surface area contributed by atoms with Gasteiger partial charge >= 0.3 is 0 Å². The van der Waals surface area contributed by atoms with E-state index in [1.165, 1.54) is 6.33 Å². The van der Waals surface area contributed by atoms with Crippen molar-refractivity contribution >= 4 is 32.0 Å². The smallest absolute Gasteiger partial charge is 0.135 e. The minimum Gasteiger partial charge on any atom is -0.390 e. The highest BCUT2D eigenvalue weighted by molar-refractivity contribution is 14.1. The predicted octanol–water partition coefficient (Wildman–Crippen LogP) is 1.86. The average molecular weight is 373 g/mol. The molecule has 6 heteroatoms. The van der Waals surface area contributed by atoms with Crippen molar-refractivity contribution in [2.75, 3.05) is 5.73 Å². The summed E-state index contributed by atoms with van der Waals surface area (Å²) in [4.78, 5) is 8.40. The highest BCUT2D eigenvalue weighted by atomic mass is 127. The lowest BCUT2D eigenvalue weighted by Gasteiger charge is -2.18. The molecule has 0 saturated carbocycles. The topological polar surface area (TPSA) is 81.3 Å². The summed E-state index contributed by atoms with van der Waals surface area (Å²) < 4.78 is 7.02. The Bertz CT molecular complexity index is 535. The standard InChI is InChI=1S/C13H16IN3O2/c1-2-9-8(18)4-10(19-9)6-3-7(14)11-12(6)16-5-17-13(11)15/h3,5-6,8-10,18H,2,4H2,1H3,(H2,15,16,17)/t6?,8?,9-,10-/m1/s1. The Kier molecular flexibility index (Phi) is 3.48. The van der Waals surface area contributed by atoms with Crippen LogP contribution in [0.15, 0.2) is 12.4 Å². The number of hydrogen-bond acceptors (Lipinski definition) is 5. The van der Waals surface area contributed by atoms with E-state index in [1.54, 1.807) is 0 Å². The average Bonchev–Trinajstić information content (AvgIpc) is 2.91. The van der Waals surface area contributed by atoms with Gasteiger partial charge in [0.2, 0.25) is 0 Å². The Morgan fingerprint density at radius 2 is 2.32 bits per heavy atom. The summed E-state index contributed by atoms with van der Waals surface area (Å²) in [7, 11) is 0. The molecule has 1 saturated heterocycles. The van der Waals surface area contributed by atoms with E-state index in [1.807, 2.05) is 6.92 Å². The molecule has 2 unspecified atom stereocenters. The summed E-state index contributed by atoms with van der Waals surface area (Å²) in [6, 6.07) is 0. The number of halogens is 1. The van der Waals surface area contributed by atoms with Crippen LogP contribution in [0, 0.1) is 0 Å². The first-order chi connectivity index (χ1) is 9.11. The largest absolute Gasteiger partial charge is 0.390 e. The van der Waals surface area contributed by atoms with E-state index in [9.17, 15) is 5.11 Å². The van der Waals surface area contributed by atoms with Gasteiger partial charge in [0.1, 0.15) is 12.1 Å². The lowest BCUT2D eigenvalue weighted by molar-refractivity contribution is 0.00400. The van der Waals surface area contributed by atoms with Crippen molar-refractivity contribution in [1.29, 1.82) is 0 Å². The summed E-state index contributed by atoms with van der Waals surface area (Å²) in [6.07, 6.45) is 4.60. The van der Waals surface area contributed by atoms with Gasteiger partial charge in [-0.05, 0) is 29.0 Å². The van der Waals surface area contributed by atoms with E-state index in [4.69, 9.17) is 10.5 Å². The monoisotopic (exact) mass is 373 g/mol. The molecule has 1 fully saturated rings. The number of ether oxygens (including phenoxy) is 1. The van der Waals surface area contributed by atoms with Crippen LogP contribution in [0.25, 0.3) is 3.58 Å². The van der Waals surface area contributed by atoms with Gasteiger partial charge in [0.15, 0.2) is 0 Å². The number of rotatable bonds is 2. The maximum atomic E-state index is 9.98. The third kappa shape index (κ3) is 2.15. The maximum Gasteiger partial charge on any atom is 0.135 e. The second kappa shape index (κ2) is 4.99. The van der Waals surface area contributed by atoms with Gasteiger partial charge < -0.3 is 15.6 Å². The van der Waals surface area contributed by atoms with Crippen molar-refractivity contribution < 1.29 is 9.84 Å². The highest BCUT2D eigenvalue weighted by Gasteiger charge is 2.41. The molecular weight excluding hydrogens is 357 g/mol. The minimum atomic E-state index is -0.385. The number of fused-ring (bicyclic) bond motifs is 1. The van der Waals surface area contributed by atoms with Crippen LogP contribution in [-0.2, 0) is 4.74 Å². The number of nitrogens with two attached hydrogens (primary N) is 1. The van der Waals surface area contributed by atoms with Crippen LogP contribution in [0.5, 0.6) is 0 Å². The van der Waals surface area contributed by atoms with Crippen LogP contribution >= 0.6 is 22.6 Å². The van der Waals surface area contributed by atoms with Crippen molar-refractivity contribution in [2.24, 2.45) is 0 Å². The Hall–Kier alpha value is -0.730. The Morgan fingerprint density at radius 1 is 1.53 bits per heavy atom. The maximum absolute atomic E-state index is 9.98. The molecule has 1 aliphatic carbocycles. The van der Waals surface area contributed by atoms with Gasteiger partial charge in [-0.15, -0.1) is 0 Å². The second-order valence-electron chi connectivity index (χ2n) is 4.98. The number of aromatic nitrogens is 2. The first-order valence-corrected chi connectivity index (χ1v) is 7.51. The van der Waals surface area contributed by atoms with E-state index in [0.29, 0.717) is 12.2 Å². The summed E-state index contributed by atoms with van der Waals surface area (Å²) in [5, 5.41) is 9.98. The molecule has 3 rings (SSSR count). The zero-order valence-corrected chi connectivity index (χ0v) is 12.7. The molecule has 19 heavy (non-hydrogen) atoms. The van der Waals surface area contributed by atoms with Gasteiger partial charge in [-0.25, -0.2) is 9.97 Å². The molecule has 2 aliphatic rings. The van der Waals surface area contributed by atoms with Crippen LogP contribution < -0.4 is 5.73 Å². The van der Waals surface area contributed by atoms with Gasteiger partial charge in [-0.2, -0.15) is 0 Å². The number of nitrogens with zero attached hydrogens (tertiary/aromatic N) is 2. The van der Waals surface area contributed by atoms with Gasteiger partial charge in [-0.3, -0.25) is 0 Å². The molecule has 1 aromatic rings. The van der Waals surface area contributed by atoms with Crippen LogP contribution in [0.4, 0.5) is 5.82 Å². The zero-order chi connectivity index (χ0) is 13.6. The van der Waals surface area contributed by atoms with Crippen molar-refractivity contribution in [3.63, 3.8) is 0 Å². The second-order valence-corrected chi connectivity index (χ2v) is 6.15. The molecule has 0 aromatic carbocycles. The minimum absolute atomic E-state index is 0.0275. The molecule has 2 heterocycles. The number of nitrogen functional groups attached to an aromatic ring is 1. The van der Waals surface area contributed by atoms with Gasteiger partial charge in [0.25, 0.3) is 0 Å². The molecule has 0 bridgehead atoms. The summed E-state index contributed by atoms with van der Waals surface area (Å²) in [5.41, 5.74) is 7.76. The van der Waals surface area contributed by atoms with Gasteiger partial charge in [-0.1, -0.05) is 13.0 Å². The van der Waals surface area contributed by atoms with Crippen molar-refractivity contribution in [3.05, 3.63) is 23.7 Å². The molecule has 102 valence electrons. The molecule has 0 radical (unpaired) electrons. The zero-order valence-electron chi connectivity index (χ0n) is 10.6. The van der Waals surface area contributed by atoms with Crippen molar-refractivity contribution in [3.8, 4) is 0 Å². The highest BCUT2D eigenvalue weighted by Crippen LogP contribution is 2.45. The van der Waals surface area contributed by atoms with Crippen molar-refractivity contribution in [2.45, 2.75) is 44.0 Å². The number of aliphatic hydroxyl groups is 1. The fraction of sp³-hybridized carbons (Fsp3) is 0.538. The molecular formula is C13H16IN3O2. The normalized spacial score (nSPS) is 33.3. The van der Waals surface area contributed by atoms with E-state index in [-0.39, 0.29) is 24.2 Å². The SMILES string of the molecule is CC[C@H]1O[C@@H](C2C=C(I)c3c(N)ncnc32)CC1O. The molecule has 0 amide bonds. The van der Waals surface area contributed by atoms with Crippen LogP contribution in [-0.4, -0.2) is 33.4 Å². The third-order valence-corrected chi connectivity index (χ3v) is 4.74. The molecule has 1 aromatic heterocycles. The van der Waals surface area contributed by atoms with E-state index >= 15 is 0 Å². The molecule has 4 atom stereocenters. The Morgan fingerprint density at radius 3 is 3.00 bits per heavy atom. The van der Waals surface area contributed by atoms with E-state index in [0.717, 1.165) is 21.3 Å². The van der Waals surface area contributed by atoms with E-state index in [2.05, 4.69) is 38.6 Å². The quantitative estimate of drug-likeness (QED) is 0.774. The number of aliphatic hydroxyl groups excluding tert-OH is 1. The predicted molar refractivity (Wildman–Crippen MR) is 80.8 cm³/mol. The van der Waals surface area contributed by atoms with Gasteiger partial charge in [0.05, 0.1) is 29.6 Å². The molecule has 1 aliphatic heterocycles. The third-order valence-electron chi connectivity index (χ3n) is 3.84. The van der Waals surface area contributed by atoms with Gasteiger partial charge in [0, 0.05) is 15.9 Å². The summed E-state index contributed by atoms with van der Waals surface area (Å²) in [6.45, 7) is 2.03. The lowest BCUT2D eigenvalue weighted by Crippen LogP contribution is -2.19. The fourth-order valence-electron chi connectivity index (χ4n) is 2.87. The Balaban J connectivity index is 1.92. The van der Waals surface area contributed by atoms with Crippen LogP contribution in [0.1, 0.15) is 36.9 Å². The Labute approximate surface area is 125 Å². The first-order valence-electron chi connectivity index (χ1n) is 6.43. The molecule has 5 nitrogen and oxygen atoms in total. The molecule has 0 spiro atoms.